The van der Waals surface area contributed by atoms with Crippen molar-refractivity contribution in [1.82, 2.24) is 19.3 Å². The van der Waals surface area contributed by atoms with Crippen LogP contribution < -0.4 is 11.0 Å². The van der Waals surface area contributed by atoms with Crippen LogP contribution in [0.3, 0.4) is 0 Å². The fourth-order valence-electron chi connectivity index (χ4n) is 2.44. The molecule has 0 unspecified atom stereocenters. The van der Waals surface area contributed by atoms with E-state index in [4.69, 9.17) is 0 Å². The van der Waals surface area contributed by atoms with E-state index in [-0.39, 0.29) is 18.1 Å². The molecule has 0 spiro atoms. The summed E-state index contributed by atoms with van der Waals surface area (Å²) < 4.78 is 3.12. The van der Waals surface area contributed by atoms with Gasteiger partial charge in [0.25, 0.3) is 0 Å². The molecule has 3 aromatic rings. The van der Waals surface area contributed by atoms with Crippen LogP contribution in [0.15, 0.2) is 47.5 Å². The molecule has 1 aromatic carbocycles. The fourth-order valence-corrected chi connectivity index (χ4v) is 2.44. The minimum atomic E-state index is -0.283. The minimum Gasteiger partial charge on any atom is -0.323 e. The fraction of sp³-hybridized carbons (Fsp3) is 0.200. The molecule has 1 amide bonds. The molecule has 3 rings (SSSR count). The number of aromatic nitrogens is 4. The highest BCUT2D eigenvalue weighted by Crippen LogP contribution is 2.12. The molecule has 0 aliphatic rings. The molecule has 0 bridgehead atoms. The van der Waals surface area contributed by atoms with Crippen LogP contribution in [0.5, 0.6) is 0 Å². The zero-order valence-electron chi connectivity index (χ0n) is 12.1. The number of carbonyl (C=O) groups is 1. The summed E-state index contributed by atoms with van der Waals surface area (Å²) in [6.07, 6.45) is 2.95. The number of anilines is 1. The highest BCUT2D eigenvalue weighted by molar-refractivity contribution is 5.91. The summed E-state index contributed by atoms with van der Waals surface area (Å²) in [4.78, 5) is 24.6. The molecule has 0 atom stereocenters. The van der Waals surface area contributed by atoms with Crippen molar-refractivity contribution in [3.8, 4) is 0 Å². The van der Waals surface area contributed by atoms with E-state index in [1.165, 1.54) is 17.0 Å². The number of benzene rings is 1. The van der Waals surface area contributed by atoms with E-state index in [0.717, 1.165) is 11.0 Å². The monoisotopic (exact) mass is 297 g/mol. The predicted octanol–water partition coefficient (Wildman–Crippen LogP) is 1.25. The van der Waals surface area contributed by atoms with Crippen molar-refractivity contribution in [2.24, 2.45) is 0 Å². The largest absolute Gasteiger partial charge is 0.329 e. The third-order valence-electron chi connectivity index (χ3n) is 3.41. The Balaban J connectivity index is 1.92. The van der Waals surface area contributed by atoms with Gasteiger partial charge in [0.15, 0.2) is 0 Å². The van der Waals surface area contributed by atoms with Gasteiger partial charge in [0.05, 0.1) is 29.1 Å². The lowest BCUT2D eigenvalue weighted by atomic mass is 10.3. The second-order valence-electron chi connectivity index (χ2n) is 4.78. The Bertz CT molecular complexity index is 867. The summed E-state index contributed by atoms with van der Waals surface area (Å²) in [7, 11) is 0. The van der Waals surface area contributed by atoms with Crippen molar-refractivity contribution in [2.45, 2.75) is 20.0 Å². The van der Waals surface area contributed by atoms with Gasteiger partial charge in [-0.15, -0.1) is 0 Å². The Labute approximate surface area is 126 Å². The Morgan fingerprint density at radius 3 is 2.50 bits per heavy atom. The molecule has 0 saturated carbocycles. The molecular formula is C15H15N5O2. The van der Waals surface area contributed by atoms with Gasteiger partial charge in [0, 0.05) is 6.54 Å². The maximum atomic E-state index is 12.4. The van der Waals surface area contributed by atoms with Crippen LogP contribution in [0, 0.1) is 0 Å². The third kappa shape index (κ3) is 2.48. The summed E-state index contributed by atoms with van der Waals surface area (Å²) in [5.74, 6) is -0.283. The average Bonchev–Trinajstić information content (AvgIpc) is 2.80. The SMILES string of the molecule is CCn1c(=O)n(CC(=O)Nc2ccnnc2)c2ccccc21. The predicted molar refractivity (Wildman–Crippen MR) is 82.5 cm³/mol. The van der Waals surface area contributed by atoms with Crippen molar-refractivity contribution >= 4 is 22.6 Å². The Kier molecular flexibility index (Phi) is 3.69. The first-order valence-corrected chi connectivity index (χ1v) is 6.95. The number of aryl methyl sites for hydroxylation is 1. The molecule has 2 aromatic heterocycles. The average molecular weight is 297 g/mol. The van der Waals surface area contributed by atoms with Crippen LogP contribution in [-0.2, 0) is 17.9 Å². The van der Waals surface area contributed by atoms with E-state index < -0.39 is 0 Å². The third-order valence-corrected chi connectivity index (χ3v) is 3.41. The van der Waals surface area contributed by atoms with E-state index >= 15 is 0 Å². The molecular weight excluding hydrogens is 282 g/mol. The van der Waals surface area contributed by atoms with Gasteiger partial charge in [-0.2, -0.15) is 10.2 Å². The van der Waals surface area contributed by atoms with Crippen molar-refractivity contribution in [2.75, 3.05) is 5.32 Å². The van der Waals surface area contributed by atoms with E-state index in [2.05, 4.69) is 15.5 Å². The molecule has 2 heterocycles. The molecule has 0 radical (unpaired) electrons. The van der Waals surface area contributed by atoms with Crippen LogP contribution in [0.2, 0.25) is 0 Å². The van der Waals surface area contributed by atoms with Gasteiger partial charge in [0.2, 0.25) is 5.91 Å². The van der Waals surface area contributed by atoms with Crippen molar-refractivity contribution in [3.05, 3.63) is 53.2 Å². The number of nitrogens with one attached hydrogen (secondary N) is 1. The van der Waals surface area contributed by atoms with Crippen LogP contribution in [0.1, 0.15) is 6.92 Å². The topological polar surface area (TPSA) is 81.8 Å². The number of amides is 1. The normalized spacial score (nSPS) is 10.8. The molecule has 1 N–H and O–H groups in total. The van der Waals surface area contributed by atoms with Crippen LogP contribution >= 0.6 is 0 Å². The van der Waals surface area contributed by atoms with Gasteiger partial charge in [-0.3, -0.25) is 13.9 Å². The number of imidazole rings is 1. The van der Waals surface area contributed by atoms with Gasteiger partial charge in [0.1, 0.15) is 6.54 Å². The zero-order valence-corrected chi connectivity index (χ0v) is 12.1. The minimum absolute atomic E-state index is 0.0470. The van der Waals surface area contributed by atoms with Gasteiger partial charge in [-0.05, 0) is 25.1 Å². The number of nitrogens with zero attached hydrogens (tertiary/aromatic N) is 4. The molecule has 7 nitrogen and oxygen atoms in total. The second kappa shape index (κ2) is 5.80. The standard InChI is InChI=1S/C15H15N5O2/c1-2-19-12-5-3-4-6-13(12)20(15(19)22)10-14(21)18-11-7-8-16-17-9-11/h3-9H,2,10H2,1H3,(H,16,18,21). The summed E-state index contributed by atoms with van der Waals surface area (Å²) in [5, 5.41) is 10.0. The molecule has 112 valence electrons. The number of carbonyl (C=O) groups excluding carboxylic acids is 1. The number of hydrogen-bond acceptors (Lipinski definition) is 4. The summed E-state index contributed by atoms with van der Waals surface area (Å²) >= 11 is 0. The lowest BCUT2D eigenvalue weighted by Gasteiger charge is -2.05. The van der Waals surface area contributed by atoms with Gasteiger partial charge in [-0.25, -0.2) is 4.79 Å². The van der Waals surface area contributed by atoms with Crippen molar-refractivity contribution in [1.29, 1.82) is 0 Å². The van der Waals surface area contributed by atoms with Crippen molar-refractivity contribution < 1.29 is 4.79 Å². The number of rotatable bonds is 4. The molecule has 0 saturated heterocycles. The van der Waals surface area contributed by atoms with E-state index in [9.17, 15) is 9.59 Å². The number of fused-ring (bicyclic) bond motifs is 1. The van der Waals surface area contributed by atoms with Crippen LogP contribution in [0.25, 0.3) is 11.0 Å². The smallest absolute Gasteiger partial charge is 0.323 e. The quantitative estimate of drug-likeness (QED) is 0.786. The van der Waals surface area contributed by atoms with Gasteiger partial charge >= 0.3 is 5.69 Å². The molecule has 22 heavy (non-hydrogen) atoms. The Hall–Kier alpha value is -2.96. The Morgan fingerprint density at radius 2 is 1.86 bits per heavy atom. The molecule has 0 fully saturated rings. The first-order valence-electron chi connectivity index (χ1n) is 6.95. The summed E-state index contributed by atoms with van der Waals surface area (Å²) in [6, 6.07) is 9.08. The highest BCUT2D eigenvalue weighted by atomic mass is 16.2. The lowest BCUT2D eigenvalue weighted by Crippen LogP contribution is -2.29. The maximum absolute atomic E-state index is 12.4. The van der Waals surface area contributed by atoms with Crippen molar-refractivity contribution in [3.63, 3.8) is 0 Å². The first kappa shape index (κ1) is 14.0. The van der Waals surface area contributed by atoms with Gasteiger partial charge in [-0.1, -0.05) is 12.1 Å². The Morgan fingerprint density at radius 1 is 1.14 bits per heavy atom. The van der Waals surface area contributed by atoms with E-state index in [1.807, 2.05) is 31.2 Å². The maximum Gasteiger partial charge on any atom is 0.329 e. The molecule has 7 heteroatoms. The number of para-hydroxylation sites is 2. The van der Waals surface area contributed by atoms with Crippen LogP contribution in [-0.4, -0.2) is 25.2 Å². The number of hydrogen-bond donors (Lipinski definition) is 1. The zero-order chi connectivity index (χ0) is 15.5. The van der Waals surface area contributed by atoms with Crippen LogP contribution in [0.4, 0.5) is 5.69 Å². The van der Waals surface area contributed by atoms with E-state index in [0.29, 0.717) is 12.2 Å². The highest BCUT2D eigenvalue weighted by Gasteiger charge is 2.14. The second-order valence-corrected chi connectivity index (χ2v) is 4.78. The summed E-state index contributed by atoms with van der Waals surface area (Å²) in [6.45, 7) is 2.41. The molecule has 0 aliphatic heterocycles. The lowest BCUT2D eigenvalue weighted by molar-refractivity contribution is -0.116. The first-order chi connectivity index (χ1) is 10.7. The van der Waals surface area contributed by atoms with Gasteiger partial charge < -0.3 is 5.32 Å². The van der Waals surface area contributed by atoms with E-state index in [1.54, 1.807) is 10.6 Å². The molecule has 0 aliphatic carbocycles. The summed E-state index contributed by atoms with van der Waals surface area (Å²) in [5.41, 5.74) is 1.93.